The standard InChI is InChI=1S/C16H31N3O6S/c1-15(2,3)25-14(23)19(9-12(21)17-7-6-8-20)10-13(22)18-16(4,26)11-24-5/h20,26H,6-11H2,1-5H3,(H,17,21)(H,18,22). The molecule has 0 spiro atoms. The zero-order valence-corrected chi connectivity index (χ0v) is 17.0. The van der Waals surface area contributed by atoms with E-state index in [4.69, 9.17) is 14.6 Å². The average Bonchev–Trinajstić information content (AvgIpc) is 2.44. The highest BCUT2D eigenvalue weighted by atomic mass is 32.1. The van der Waals surface area contributed by atoms with Gasteiger partial charge in [0.2, 0.25) is 11.8 Å². The summed E-state index contributed by atoms with van der Waals surface area (Å²) in [4.78, 5) is 36.6. The summed E-state index contributed by atoms with van der Waals surface area (Å²) in [6, 6.07) is 0. The second-order valence-corrected chi connectivity index (χ2v) is 8.01. The van der Waals surface area contributed by atoms with E-state index >= 15 is 0 Å². The smallest absolute Gasteiger partial charge is 0.411 e. The van der Waals surface area contributed by atoms with Crippen molar-refractivity contribution in [2.75, 3.05) is 40.0 Å². The van der Waals surface area contributed by atoms with E-state index in [9.17, 15) is 14.4 Å². The number of hydrogen-bond donors (Lipinski definition) is 4. The number of hydrogen-bond acceptors (Lipinski definition) is 7. The summed E-state index contributed by atoms with van der Waals surface area (Å²) < 4.78 is 10.2. The van der Waals surface area contributed by atoms with Crippen LogP contribution >= 0.6 is 12.6 Å². The third kappa shape index (κ3) is 11.9. The van der Waals surface area contributed by atoms with Crippen LogP contribution in [0.1, 0.15) is 34.1 Å². The predicted octanol–water partition coefficient (Wildman–Crippen LogP) is 0.131. The van der Waals surface area contributed by atoms with Gasteiger partial charge in [-0.1, -0.05) is 0 Å². The Kier molecular flexibility index (Phi) is 10.6. The van der Waals surface area contributed by atoms with Crippen molar-refractivity contribution in [1.82, 2.24) is 15.5 Å². The molecule has 0 radical (unpaired) electrons. The summed E-state index contributed by atoms with van der Waals surface area (Å²) in [6.07, 6.45) is -0.384. The number of carbonyl (C=O) groups excluding carboxylic acids is 3. The van der Waals surface area contributed by atoms with Crippen LogP contribution < -0.4 is 10.6 Å². The van der Waals surface area contributed by atoms with E-state index < -0.39 is 28.4 Å². The number of aliphatic hydroxyl groups excluding tert-OH is 1. The summed E-state index contributed by atoms with van der Waals surface area (Å²) in [7, 11) is 1.48. The monoisotopic (exact) mass is 393 g/mol. The Bertz CT molecular complexity index is 479. The lowest BCUT2D eigenvalue weighted by Crippen LogP contribution is -2.52. The molecule has 1 unspecified atom stereocenters. The summed E-state index contributed by atoms with van der Waals surface area (Å²) in [5.74, 6) is -0.962. The molecular weight excluding hydrogens is 362 g/mol. The second kappa shape index (κ2) is 11.2. The fourth-order valence-corrected chi connectivity index (χ4v) is 2.13. The minimum Gasteiger partial charge on any atom is -0.444 e. The Hall–Kier alpha value is -1.52. The number of methoxy groups -OCH3 is 1. The van der Waals surface area contributed by atoms with Gasteiger partial charge in [-0.15, -0.1) is 12.6 Å². The molecule has 0 rings (SSSR count). The first-order valence-electron chi connectivity index (χ1n) is 8.28. The van der Waals surface area contributed by atoms with E-state index in [-0.39, 0.29) is 32.8 Å². The molecule has 0 aliphatic heterocycles. The molecule has 0 aliphatic rings. The van der Waals surface area contributed by atoms with Crippen molar-refractivity contribution in [2.45, 2.75) is 44.6 Å². The highest BCUT2D eigenvalue weighted by Gasteiger charge is 2.28. The van der Waals surface area contributed by atoms with Crippen molar-refractivity contribution < 1.29 is 29.0 Å². The zero-order chi connectivity index (χ0) is 20.4. The maximum atomic E-state index is 12.3. The highest BCUT2D eigenvalue weighted by Crippen LogP contribution is 2.11. The van der Waals surface area contributed by atoms with Gasteiger partial charge in [0.15, 0.2) is 0 Å². The zero-order valence-electron chi connectivity index (χ0n) is 16.1. The van der Waals surface area contributed by atoms with Crippen molar-refractivity contribution in [3.05, 3.63) is 0 Å². The Balaban J connectivity index is 4.94. The quantitative estimate of drug-likeness (QED) is 0.238. The van der Waals surface area contributed by atoms with Crippen molar-refractivity contribution in [2.24, 2.45) is 0 Å². The number of thiol groups is 1. The molecule has 3 N–H and O–H groups in total. The summed E-state index contributed by atoms with van der Waals surface area (Å²) >= 11 is 4.28. The Morgan fingerprint density at radius 1 is 1.12 bits per heavy atom. The fourth-order valence-electron chi connectivity index (χ4n) is 1.88. The van der Waals surface area contributed by atoms with E-state index in [0.29, 0.717) is 6.42 Å². The maximum Gasteiger partial charge on any atom is 0.411 e. The third-order valence-electron chi connectivity index (χ3n) is 2.81. The predicted molar refractivity (Wildman–Crippen MR) is 99.9 cm³/mol. The number of rotatable bonds is 10. The maximum absolute atomic E-state index is 12.3. The van der Waals surface area contributed by atoms with Crippen LogP contribution in [0.3, 0.4) is 0 Å². The second-order valence-electron chi connectivity index (χ2n) is 7.02. The molecule has 1 atom stereocenters. The van der Waals surface area contributed by atoms with Crippen molar-refractivity contribution in [1.29, 1.82) is 0 Å². The third-order valence-corrected chi connectivity index (χ3v) is 3.05. The van der Waals surface area contributed by atoms with E-state index in [2.05, 4.69) is 23.3 Å². The summed E-state index contributed by atoms with van der Waals surface area (Å²) in [5, 5.41) is 13.9. The lowest BCUT2D eigenvalue weighted by Gasteiger charge is -2.29. The van der Waals surface area contributed by atoms with Crippen molar-refractivity contribution in [3.63, 3.8) is 0 Å². The van der Waals surface area contributed by atoms with Crippen molar-refractivity contribution in [3.8, 4) is 0 Å². The van der Waals surface area contributed by atoms with Gasteiger partial charge in [-0.2, -0.15) is 0 Å². The molecule has 0 aromatic rings. The van der Waals surface area contributed by atoms with Gasteiger partial charge in [0.25, 0.3) is 0 Å². The SMILES string of the molecule is COCC(C)(S)NC(=O)CN(CC(=O)NCCCO)C(=O)OC(C)(C)C. The Labute approximate surface area is 160 Å². The van der Waals surface area contributed by atoms with Crippen LogP contribution in [-0.2, 0) is 19.1 Å². The lowest BCUT2D eigenvalue weighted by atomic mass is 10.2. The lowest BCUT2D eigenvalue weighted by molar-refractivity contribution is -0.125. The molecule has 0 saturated carbocycles. The highest BCUT2D eigenvalue weighted by molar-refractivity contribution is 7.81. The largest absolute Gasteiger partial charge is 0.444 e. The molecule has 0 heterocycles. The Morgan fingerprint density at radius 3 is 2.19 bits per heavy atom. The van der Waals surface area contributed by atoms with Gasteiger partial charge in [0.1, 0.15) is 23.6 Å². The number of aliphatic hydroxyl groups is 1. The van der Waals surface area contributed by atoms with Crippen LogP contribution in [0, 0.1) is 0 Å². The molecule has 0 bridgehead atoms. The van der Waals surface area contributed by atoms with Crippen LogP contribution in [-0.4, -0.2) is 78.3 Å². The van der Waals surface area contributed by atoms with Gasteiger partial charge < -0.3 is 25.2 Å². The minimum absolute atomic E-state index is 0.0571. The number of nitrogens with one attached hydrogen (secondary N) is 2. The average molecular weight is 394 g/mol. The van der Waals surface area contributed by atoms with Gasteiger partial charge in [0.05, 0.1) is 6.61 Å². The van der Waals surface area contributed by atoms with Crippen LogP contribution in [0.15, 0.2) is 0 Å². The van der Waals surface area contributed by atoms with E-state index in [1.54, 1.807) is 27.7 Å². The molecule has 0 fully saturated rings. The van der Waals surface area contributed by atoms with Gasteiger partial charge in [-0.05, 0) is 34.1 Å². The fraction of sp³-hybridized carbons (Fsp3) is 0.812. The first-order chi connectivity index (χ1) is 11.9. The first-order valence-corrected chi connectivity index (χ1v) is 8.72. The number of carbonyl (C=O) groups is 3. The molecule has 3 amide bonds. The van der Waals surface area contributed by atoms with E-state index in [1.807, 2.05) is 0 Å². The molecule has 0 aromatic heterocycles. The normalized spacial score (nSPS) is 13.5. The molecule has 9 nitrogen and oxygen atoms in total. The van der Waals surface area contributed by atoms with E-state index in [0.717, 1.165) is 4.90 Å². The summed E-state index contributed by atoms with van der Waals surface area (Å²) in [5.41, 5.74) is -0.771. The summed E-state index contributed by atoms with van der Waals surface area (Å²) in [6.45, 7) is 6.37. The van der Waals surface area contributed by atoms with Crippen molar-refractivity contribution >= 4 is 30.5 Å². The van der Waals surface area contributed by atoms with Crippen LogP contribution in [0.4, 0.5) is 4.79 Å². The molecule has 0 aromatic carbocycles. The molecule has 152 valence electrons. The van der Waals surface area contributed by atoms with Crippen LogP contribution in [0.25, 0.3) is 0 Å². The number of nitrogens with zero attached hydrogens (tertiary/aromatic N) is 1. The van der Waals surface area contributed by atoms with Crippen LogP contribution in [0.2, 0.25) is 0 Å². The Morgan fingerprint density at radius 2 is 1.69 bits per heavy atom. The van der Waals surface area contributed by atoms with Gasteiger partial charge in [0, 0.05) is 20.3 Å². The number of amides is 3. The van der Waals surface area contributed by atoms with Gasteiger partial charge in [-0.3, -0.25) is 14.5 Å². The minimum atomic E-state index is -0.922. The van der Waals surface area contributed by atoms with Gasteiger partial charge >= 0.3 is 6.09 Å². The number of ether oxygens (including phenoxy) is 2. The van der Waals surface area contributed by atoms with Gasteiger partial charge in [-0.25, -0.2) is 4.79 Å². The van der Waals surface area contributed by atoms with E-state index in [1.165, 1.54) is 7.11 Å². The molecule has 0 saturated heterocycles. The molecule has 0 aliphatic carbocycles. The molecular formula is C16H31N3O6S. The molecule has 26 heavy (non-hydrogen) atoms. The molecule has 10 heteroatoms. The first kappa shape index (κ1) is 24.5. The van der Waals surface area contributed by atoms with Crippen LogP contribution in [0.5, 0.6) is 0 Å². The topological polar surface area (TPSA) is 117 Å².